The molecule has 0 atom stereocenters. The quantitative estimate of drug-likeness (QED) is 0.634. The molecular weight excluding hydrogens is 388 g/mol. The number of nitrogens with one attached hydrogen (secondary N) is 2. The van der Waals surface area contributed by atoms with Gasteiger partial charge in [0.2, 0.25) is 0 Å². The van der Waals surface area contributed by atoms with E-state index in [0.717, 1.165) is 67.7 Å². The number of ether oxygens (including phenoxy) is 2. The second-order valence-corrected chi connectivity index (χ2v) is 9.43. The second kappa shape index (κ2) is 8.54. The van der Waals surface area contributed by atoms with Crippen molar-refractivity contribution in [3.63, 3.8) is 0 Å². The Morgan fingerprint density at radius 2 is 1.81 bits per heavy atom. The Bertz CT molecular complexity index is 931. The topological polar surface area (TPSA) is 59.6 Å². The van der Waals surface area contributed by atoms with E-state index < -0.39 is 0 Å². The van der Waals surface area contributed by atoms with E-state index >= 15 is 0 Å². The number of amides is 2. The van der Waals surface area contributed by atoms with Crippen molar-refractivity contribution in [2.45, 2.75) is 70.1 Å². The number of benzene rings is 2. The predicted octanol–water partition coefficient (Wildman–Crippen LogP) is 5.66. The highest BCUT2D eigenvalue weighted by Gasteiger charge is 2.44. The first-order valence-electron chi connectivity index (χ1n) is 11.6. The van der Waals surface area contributed by atoms with Gasteiger partial charge in [-0.3, -0.25) is 0 Å². The highest BCUT2D eigenvalue weighted by atomic mass is 16.5. The SMILES string of the molecule is Cc1ccc(OC2CC(COCc3ccccc3)C2)c2c1NC(=O)NC21CCCCC1. The van der Waals surface area contributed by atoms with Crippen molar-refractivity contribution in [1.29, 1.82) is 0 Å². The monoisotopic (exact) mass is 420 g/mol. The fourth-order valence-corrected chi connectivity index (χ4v) is 5.38. The number of carbonyl (C=O) groups is 1. The molecule has 2 aromatic rings. The number of fused-ring (bicyclic) bond motifs is 2. The van der Waals surface area contributed by atoms with Crippen molar-refractivity contribution in [2.24, 2.45) is 5.92 Å². The van der Waals surface area contributed by atoms with Crippen LogP contribution in [-0.2, 0) is 16.9 Å². The number of aryl methyl sites for hydroxylation is 1. The Kier molecular flexibility index (Phi) is 5.61. The van der Waals surface area contributed by atoms with Crippen LogP contribution in [0.2, 0.25) is 0 Å². The summed E-state index contributed by atoms with van der Waals surface area (Å²) in [7, 11) is 0. The minimum Gasteiger partial charge on any atom is -0.490 e. The van der Waals surface area contributed by atoms with E-state index in [4.69, 9.17) is 9.47 Å². The third kappa shape index (κ3) is 4.16. The summed E-state index contributed by atoms with van der Waals surface area (Å²) in [5, 5.41) is 6.32. The smallest absolute Gasteiger partial charge is 0.319 e. The number of hydrogen-bond donors (Lipinski definition) is 2. The first kappa shape index (κ1) is 20.4. The molecule has 5 heteroatoms. The molecule has 164 valence electrons. The molecule has 31 heavy (non-hydrogen) atoms. The van der Waals surface area contributed by atoms with Gasteiger partial charge in [-0.15, -0.1) is 0 Å². The summed E-state index contributed by atoms with van der Waals surface area (Å²) in [5.41, 5.74) is 4.14. The van der Waals surface area contributed by atoms with E-state index in [1.165, 1.54) is 12.0 Å². The molecule has 2 aliphatic carbocycles. The Morgan fingerprint density at radius 1 is 1.03 bits per heavy atom. The van der Waals surface area contributed by atoms with E-state index in [2.05, 4.69) is 41.8 Å². The minimum absolute atomic E-state index is 0.0890. The number of urea groups is 1. The maximum atomic E-state index is 12.4. The molecule has 0 radical (unpaired) electrons. The van der Waals surface area contributed by atoms with Gasteiger partial charge >= 0.3 is 6.03 Å². The zero-order chi connectivity index (χ0) is 21.3. The van der Waals surface area contributed by atoms with E-state index in [0.29, 0.717) is 12.5 Å². The number of rotatable bonds is 6. The molecule has 0 aromatic heterocycles. The van der Waals surface area contributed by atoms with E-state index in [-0.39, 0.29) is 17.7 Å². The zero-order valence-electron chi connectivity index (χ0n) is 18.3. The van der Waals surface area contributed by atoms with E-state index in [9.17, 15) is 4.79 Å². The van der Waals surface area contributed by atoms with Crippen molar-refractivity contribution < 1.29 is 14.3 Å². The van der Waals surface area contributed by atoms with Gasteiger partial charge in [0, 0.05) is 5.56 Å². The van der Waals surface area contributed by atoms with Crippen LogP contribution < -0.4 is 15.4 Å². The Labute approximate surface area is 184 Å². The minimum atomic E-state index is -0.292. The molecule has 0 bridgehead atoms. The van der Waals surface area contributed by atoms with E-state index in [1.54, 1.807) is 0 Å². The molecule has 2 fully saturated rings. The normalized spacial score (nSPS) is 24.0. The predicted molar refractivity (Wildman–Crippen MR) is 121 cm³/mol. The first-order valence-corrected chi connectivity index (χ1v) is 11.6. The molecule has 2 saturated carbocycles. The summed E-state index contributed by atoms with van der Waals surface area (Å²) in [6.07, 6.45) is 7.72. The fraction of sp³-hybridized carbons (Fsp3) is 0.500. The van der Waals surface area contributed by atoms with Gasteiger partial charge in [-0.2, -0.15) is 0 Å². The number of hydrogen-bond acceptors (Lipinski definition) is 3. The number of carbonyl (C=O) groups excluding carboxylic acids is 1. The summed E-state index contributed by atoms with van der Waals surface area (Å²) in [5.74, 6) is 1.49. The fourth-order valence-electron chi connectivity index (χ4n) is 5.38. The largest absolute Gasteiger partial charge is 0.490 e. The Balaban J connectivity index is 1.24. The van der Waals surface area contributed by atoms with Crippen LogP contribution in [0.1, 0.15) is 61.6 Å². The molecule has 0 unspecified atom stereocenters. The van der Waals surface area contributed by atoms with Gasteiger partial charge in [0.1, 0.15) is 5.75 Å². The van der Waals surface area contributed by atoms with Gasteiger partial charge in [-0.25, -0.2) is 4.79 Å². The Morgan fingerprint density at radius 3 is 2.58 bits per heavy atom. The Hall–Kier alpha value is -2.53. The average molecular weight is 421 g/mol. The van der Waals surface area contributed by atoms with Crippen LogP contribution in [0.15, 0.2) is 42.5 Å². The van der Waals surface area contributed by atoms with Crippen LogP contribution in [0.4, 0.5) is 10.5 Å². The van der Waals surface area contributed by atoms with Crippen LogP contribution in [0.5, 0.6) is 5.75 Å². The highest BCUT2D eigenvalue weighted by molar-refractivity contribution is 5.95. The third-order valence-electron chi connectivity index (χ3n) is 7.10. The van der Waals surface area contributed by atoms with Crippen LogP contribution in [0, 0.1) is 12.8 Å². The van der Waals surface area contributed by atoms with Gasteiger partial charge in [0.15, 0.2) is 0 Å². The van der Waals surface area contributed by atoms with Crippen molar-refractivity contribution >= 4 is 11.7 Å². The van der Waals surface area contributed by atoms with Crippen LogP contribution in [0.3, 0.4) is 0 Å². The van der Waals surface area contributed by atoms with Gasteiger partial charge in [-0.05, 0) is 55.7 Å². The molecule has 1 spiro atoms. The lowest BCUT2D eigenvalue weighted by atomic mass is 9.74. The molecule has 5 rings (SSSR count). The zero-order valence-corrected chi connectivity index (χ0v) is 18.3. The van der Waals surface area contributed by atoms with Crippen LogP contribution >= 0.6 is 0 Å². The van der Waals surface area contributed by atoms with Crippen molar-refractivity contribution in [2.75, 3.05) is 11.9 Å². The number of anilines is 1. The average Bonchev–Trinajstić information content (AvgIpc) is 2.75. The first-order chi connectivity index (χ1) is 15.1. The summed E-state index contributed by atoms with van der Waals surface area (Å²) in [6.45, 7) is 3.51. The molecule has 1 aliphatic heterocycles. The molecule has 3 aliphatic rings. The van der Waals surface area contributed by atoms with E-state index in [1.807, 2.05) is 18.2 Å². The third-order valence-corrected chi connectivity index (χ3v) is 7.10. The van der Waals surface area contributed by atoms with Crippen LogP contribution in [-0.4, -0.2) is 18.7 Å². The molecular formula is C26H32N2O3. The summed E-state index contributed by atoms with van der Waals surface area (Å²) >= 11 is 0. The molecule has 0 saturated heterocycles. The lowest BCUT2D eigenvalue weighted by Crippen LogP contribution is -2.53. The molecule has 2 amide bonds. The summed E-state index contributed by atoms with van der Waals surface area (Å²) in [4.78, 5) is 12.4. The molecule has 2 N–H and O–H groups in total. The summed E-state index contributed by atoms with van der Waals surface area (Å²) in [6, 6.07) is 14.4. The lowest BCUT2D eigenvalue weighted by Gasteiger charge is -2.45. The van der Waals surface area contributed by atoms with Gasteiger partial charge in [0.25, 0.3) is 0 Å². The maximum absolute atomic E-state index is 12.4. The van der Waals surface area contributed by atoms with Gasteiger partial charge in [-0.1, -0.05) is 55.7 Å². The maximum Gasteiger partial charge on any atom is 0.319 e. The molecule has 2 aromatic carbocycles. The molecule has 1 heterocycles. The van der Waals surface area contributed by atoms with Crippen molar-refractivity contribution in [3.8, 4) is 5.75 Å². The van der Waals surface area contributed by atoms with Crippen LogP contribution in [0.25, 0.3) is 0 Å². The standard InChI is InChI=1S/C26H32N2O3/c1-18-10-11-22(23-24(18)27-25(29)28-26(23)12-6-3-7-13-26)31-21-14-20(15-21)17-30-16-19-8-4-2-5-9-19/h2,4-5,8-11,20-21H,3,6-7,12-17H2,1H3,(H2,27,28,29). The lowest BCUT2D eigenvalue weighted by molar-refractivity contribution is -0.00356. The van der Waals surface area contributed by atoms with Crippen molar-refractivity contribution in [3.05, 3.63) is 59.2 Å². The van der Waals surface area contributed by atoms with Gasteiger partial charge < -0.3 is 20.1 Å². The second-order valence-electron chi connectivity index (χ2n) is 9.43. The molecule has 5 nitrogen and oxygen atoms in total. The van der Waals surface area contributed by atoms with Crippen molar-refractivity contribution in [1.82, 2.24) is 5.32 Å². The summed E-state index contributed by atoms with van der Waals surface area (Å²) < 4.78 is 12.4. The highest BCUT2D eigenvalue weighted by Crippen LogP contribution is 2.49. The van der Waals surface area contributed by atoms with Gasteiger partial charge in [0.05, 0.1) is 30.5 Å².